The SMILES string of the molecule is COc1cccc2sc(NC(=O)c3nn(-c4ccccc4[N+](=O)[O-])c(C)cc3=O)nc12. The van der Waals surface area contributed by atoms with Crippen molar-refractivity contribution in [3.05, 3.63) is 80.3 Å². The molecule has 2 aromatic heterocycles. The van der Waals surface area contributed by atoms with E-state index in [9.17, 15) is 19.7 Å². The summed E-state index contributed by atoms with van der Waals surface area (Å²) in [5.74, 6) is -0.211. The first kappa shape index (κ1) is 20.2. The Balaban J connectivity index is 1.74. The molecule has 0 spiro atoms. The normalized spacial score (nSPS) is 10.8. The van der Waals surface area contributed by atoms with Crippen LogP contribution in [0.3, 0.4) is 0 Å². The van der Waals surface area contributed by atoms with E-state index in [-0.39, 0.29) is 16.5 Å². The van der Waals surface area contributed by atoms with Gasteiger partial charge in [-0.25, -0.2) is 9.67 Å². The van der Waals surface area contributed by atoms with Crippen LogP contribution in [-0.2, 0) is 0 Å². The van der Waals surface area contributed by atoms with Gasteiger partial charge in [0.05, 0.1) is 16.7 Å². The van der Waals surface area contributed by atoms with Crippen molar-refractivity contribution in [2.45, 2.75) is 6.92 Å². The highest BCUT2D eigenvalue weighted by Crippen LogP contribution is 2.32. The Bertz CT molecular complexity index is 1390. The molecule has 0 atom stereocenters. The van der Waals surface area contributed by atoms with Gasteiger partial charge in [-0.2, -0.15) is 5.10 Å². The number of hydrogen-bond donors (Lipinski definition) is 1. The van der Waals surface area contributed by atoms with Gasteiger partial charge in [0, 0.05) is 17.8 Å². The third kappa shape index (κ3) is 3.73. The second kappa shape index (κ2) is 7.95. The average molecular weight is 437 g/mol. The fraction of sp³-hybridized carbons (Fsp3) is 0.100. The van der Waals surface area contributed by atoms with Crippen molar-refractivity contribution in [3.63, 3.8) is 0 Å². The minimum absolute atomic E-state index is 0.142. The van der Waals surface area contributed by atoms with Crippen molar-refractivity contribution in [2.24, 2.45) is 0 Å². The predicted molar refractivity (Wildman–Crippen MR) is 115 cm³/mol. The van der Waals surface area contributed by atoms with Crippen molar-refractivity contribution in [1.29, 1.82) is 0 Å². The molecule has 31 heavy (non-hydrogen) atoms. The number of methoxy groups -OCH3 is 1. The largest absolute Gasteiger partial charge is 0.494 e. The van der Waals surface area contributed by atoms with E-state index >= 15 is 0 Å². The molecule has 0 aliphatic carbocycles. The van der Waals surface area contributed by atoms with Crippen molar-refractivity contribution >= 4 is 38.3 Å². The van der Waals surface area contributed by atoms with E-state index in [0.717, 1.165) is 4.70 Å². The fourth-order valence-corrected chi connectivity index (χ4v) is 3.92. The van der Waals surface area contributed by atoms with E-state index in [2.05, 4.69) is 15.4 Å². The number of nitrogens with zero attached hydrogens (tertiary/aromatic N) is 4. The minimum Gasteiger partial charge on any atom is -0.494 e. The number of carbonyl (C=O) groups is 1. The number of amides is 1. The summed E-state index contributed by atoms with van der Waals surface area (Å²) in [7, 11) is 1.52. The maximum atomic E-state index is 12.8. The molecule has 10 nitrogen and oxygen atoms in total. The van der Waals surface area contributed by atoms with Gasteiger partial charge in [-0.3, -0.25) is 25.0 Å². The Morgan fingerprint density at radius 1 is 1.23 bits per heavy atom. The number of hydrogen-bond acceptors (Lipinski definition) is 8. The quantitative estimate of drug-likeness (QED) is 0.374. The molecule has 1 amide bonds. The number of nitro benzene ring substituents is 1. The molecule has 2 aromatic carbocycles. The number of anilines is 1. The summed E-state index contributed by atoms with van der Waals surface area (Å²) >= 11 is 1.22. The zero-order valence-electron chi connectivity index (χ0n) is 16.4. The molecule has 4 rings (SSSR count). The Morgan fingerprint density at radius 2 is 2.00 bits per heavy atom. The van der Waals surface area contributed by atoms with Gasteiger partial charge in [0.15, 0.2) is 10.8 Å². The first-order valence-corrected chi connectivity index (χ1v) is 9.80. The predicted octanol–water partition coefficient (Wildman–Crippen LogP) is 3.32. The van der Waals surface area contributed by atoms with Crippen LogP contribution in [0.1, 0.15) is 16.2 Å². The number of aryl methyl sites for hydroxylation is 1. The third-order valence-electron chi connectivity index (χ3n) is 4.45. The lowest BCUT2D eigenvalue weighted by Gasteiger charge is -2.11. The van der Waals surface area contributed by atoms with Gasteiger partial charge < -0.3 is 4.74 Å². The zero-order valence-corrected chi connectivity index (χ0v) is 17.2. The van der Waals surface area contributed by atoms with Gasteiger partial charge in [-0.05, 0) is 25.1 Å². The Kier molecular flexibility index (Phi) is 5.17. The Labute approximate surface area is 178 Å². The van der Waals surface area contributed by atoms with Gasteiger partial charge in [0.1, 0.15) is 17.0 Å². The molecule has 156 valence electrons. The summed E-state index contributed by atoms with van der Waals surface area (Å²) in [6.07, 6.45) is 0. The molecule has 0 radical (unpaired) electrons. The molecule has 0 aliphatic rings. The summed E-state index contributed by atoms with van der Waals surface area (Å²) in [4.78, 5) is 40.4. The van der Waals surface area contributed by atoms with Gasteiger partial charge in [0.2, 0.25) is 5.43 Å². The highest BCUT2D eigenvalue weighted by molar-refractivity contribution is 7.22. The molecular weight excluding hydrogens is 422 g/mol. The molecule has 0 bridgehead atoms. The lowest BCUT2D eigenvalue weighted by atomic mass is 10.2. The molecule has 0 aliphatic heterocycles. The molecule has 2 heterocycles. The summed E-state index contributed by atoms with van der Waals surface area (Å²) < 4.78 is 7.27. The van der Waals surface area contributed by atoms with E-state index in [0.29, 0.717) is 17.0 Å². The van der Waals surface area contributed by atoms with E-state index in [1.807, 2.05) is 6.07 Å². The number of benzene rings is 2. The number of thiazole rings is 1. The number of nitrogens with one attached hydrogen (secondary N) is 1. The van der Waals surface area contributed by atoms with Gasteiger partial charge in [0.25, 0.3) is 11.6 Å². The standard InChI is InChI=1S/C20H15N5O5S/c1-11-10-14(26)17(23-24(11)12-6-3-4-7-13(12)25(28)29)19(27)22-20-21-18-15(30-2)8-5-9-16(18)31-20/h3-10H,1-2H3,(H,21,22,27). The number of aromatic nitrogens is 3. The summed E-state index contributed by atoms with van der Waals surface area (Å²) in [6, 6.07) is 12.5. The molecular formula is C20H15N5O5S. The van der Waals surface area contributed by atoms with E-state index < -0.39 is 22.0 Å². The smallest absolute Gasteiger partial charge is 0.294 e. The highest BCUT2D eigenvalue weighted by Gasteiger charge is 2.21. The molecule has 1 N–H and O–H groups in total. The van der Waals surface area contributed by atoms with Crippen molar-refractivity contribution < 1.29 is 14.5 Å². The number of fused-ring (bicyclic) bond motifs is 1. The number of carbonyl (C=O) groups excluding carboxylic acids is 1. The lowest BCUT2D eigenvalue weighted by Crippen LogP contribution is -2.27. The average Bonchev–Trinajstić information content (AvgIpc) is 3.16. The monoisotopic (exact) mass is 437 g/mol. The van der Waals surface area contributed by atoms with Crippen LogP contribution in [0.15, 0.2) is 53.3 Å². The number of rotatable bonds is 5. The number of ether oxygens (including phenoxy) is 1. The van der Waals surface area contributed by atoms with Crippen LogP contribution in [0.4, 0.5) is 10.8 Å². The second-order valence-electron chi connectivity index (χ2n) is 6.44. The van der Waals surface area contributed by atoms with Crippen LogP contribution in [0.5, 0.6) is 5.75 Å². The third-order valence-corrected chi connectivity index (χ3v) is 5.39. The first-order chi connectivity index (χ1) is 14.9. The fourth-order valence-electron chi connectivity index (χ4n) is 3.04. The highest BCUT2D eigenvalue weighted by atomic mass is 32.1. The van der Waals surface area contributed by atoms with Gasteiger partial charge >= 0.3 is 0 Å². The topological polar surface area (TPSA) is 129 Å². The Hall–Kier alpha value is -4.12. The number of nitro groups is 1. The van der Waals surface area contributed by atoms with Crippen LogP contribution in [0.2, 0.25) is 0 Å². The van der Waals surface area contributed by atoms with E-state index in [4.69, 9.17) is 4.74 Å². The van der Waals surface area contributed by atoms with Gasteiger partial charge in [-0.15, -0.1) is 0 Å². The maximum Gasteiger partial charge on any atom is 0.294 e. The van der Waals surface area contributed by atoms with Crippen molar-refractivity contribution in [3.8, 4) is 11.4 Å². The lowest BCUT2D eigenvalue weighted by molar-refractivity contribution is -0.384. The van der Waals surface area contributed by atoms with Crippen LogP contribution < -0.4 is 15.5 Å². The molecule has 11 heteroatoms. The molecule has 0 saturated carbocycles. The van der Waals surface area contributed by atoms with Crippen molar-refractivity contribution in [1.82, 2.24) is 14.8 Å². The Morgan fingerprint density at radius 3 is 2.74 bits per heavy atom. The summed E-state index contributed by atoms with van der Waals surface area (Å²) in [5.41, 5.74) is -0.145. The van der Waals surface area contributed by atoms with Crippen molar-refractivity contribution in [2.75, 3.05) is 12.4 Å². The minimum atomic E-state index is -0.768. The van der Waals surface area contributed by atoms with Crippen LogP contribution in [-0.4, -0.2) is 32.7 Å². The summed E-state index contributed by atoms with van der Waals surface area (Å²) in [6.45, 7) is 1.58. The van der Waals surface area contributed by atoms with E-state index in [1.165, 1.54) is 47.4 Å². The van der Waals surface area contributed by atoms with Crippen LogP contribution in [0.25, 0.3) is 15.9 Å². The van der Waals surface area contributed by atoms with Gasteiger partial charge in [-0.1, -0.05) is 29.5 Å². The molecule has 0 fully saturated rings. The van der Waals surface area contributed by atoms with E-state index in [1.54, 1.807) is 25.1 Å². The maximum absolute atomic E-state index is 12.8. The van der Waals surface area contributed by atoms with Crippen LogP contribution in [0, 0.1) is 17.0 Å². The molecule has 0 unspecified atom stereocenters. The first-order valence-electron chi connectivity index (χ1n) is 8.98. The molecule has 0 saturated heterocycles. The van der Waals surface area contributed by atoms with Crippen LogP contribution >= 0.6 is 11.3 Å². The zero-order chi connectivity index (χ0) is 22.1. The summed E-state index contributed by atoms with van der Waals surface area (Å²) in [5, 5.41) is 18.3. The number of para-hydroxylation sites is 3. The molecule has 4 aromatic rings. The second-order valence-corrected chi connectivity index (χ2v) is 7.47.